The molecule has 0 nitrogen and oxygen atoms in total. The summed E-state index contributed by atoms with van der Waals surface area (Å²) in [4.78, 5) is 0. The van der Waals surface area contributed by atoms with Crippen molar-refractivity contribution in [2.75, 3.05) is 0 Å². The predicted molar refractivity (Wildman–Crippen MR) is 43.6 cm³/mol. The Kier molecular flexibility index (Phi) is 6.12. The molecule has 1 fully saturated rings. The molecular formula is C9H20. The second-order valence-corrected chi connectivity index (χ2v) is 2.59. The average Bonchev–Trinajstić information content (AvgIpc) is 2.71. The summed E-state index contributed by atoms with van der Waals surface area (Å²) in [5.41, 5.74) is 0. The molecule has 1 aliphatic rings. The molecule has 9 heavy (non-hydrogen) atoms. The van der Waals surface area contributed by atoms with Crippen molar-refractivity contribution in [3.05, 3.63) is 0 Å². The summed E-state index contributed by atoms with van der Waals surface area (Å²) in [7, 11) is 0. The molecule has 0 aliphatic heterocycles. The third-order valence-corrected chi connectivity index (χ3v) is 1.66. The van der Waals surface area contributed by atoms with E-state index in [1.165, 1.54) is 32.1 Å². The zero-order valence-electron chi connectivity index (χ0n) is 7.11. The van der Waals surface area contributed by atoms with E-state index >= 15 is 0 Å². The van der Waals surface area contributed by atoms with Gasteiger partial charge in [-0.25, -0.2) is 0 Å². The lowest BCUT2D eigenvalue weighted by Gasteiger charge is -1.88. The van der Waals surface area contributed by atoms with Crippen molar-refractivity contribution in [2.45, 2.75) is 52.9 Å². The van der Waals surface area contributed by atoms with E-state index in [9.17, 15) is 0 Å². The minimum atomic E-state index is 1.15. The molecule has 1 rings (SSSR count). The van der Waals surface area contributed by atoms with Crippen molar-refractivity contribution >= 4 is 0 Å². The fourth-order valence-electron chi connectivity index (χ4n) is 0.899. The summed E-state index contributed by atoms with van der Waals surface area (Å²) >= 11 is 0. The third kappa shape index (κ3) is 5.88. The van der Waals surface area contributed by atoms with Gasteiger partial charge in [0.15, 0.2) is 0 Å². The Bertz CT molecular complexity index is 44.0. The summed E-state index contributed by atoms with van der Waals surface area (Å²) in [5.74, 6) is 1.15. The second kappa shape index (κ2) is 6.12. The van der Waals surface area contributed by atoms with Gasteiger partial charge < -0.3 is 0 Å². The highest BCUT2D eigenvalue weighted by Gasteiger charge is 2.19. The molecule has 0 heteroatoms. The first-order valence-electron chi connectivity index (χ1n) is 4.43. The number of hydrogen-bond donors (Lipinski definition) is 0. The van der Waals surface area contributed by atoms with Gasteiger partial charge in [0, 0.05) is 0 Å². The molecular weight excluding hydrogens is 108 g/mol. The number of rotatable bonds is 3. The highest BCUT2D eigenvalue weighted by atomic mass is 14.2. The maximum atomic E-state index is 2.27. The highest BCUT2D eigenvalue weighted by Crippen LogP contribution is 2.33. The van der Waals surface area contributed by atoms with Crippen LogP contribution in [-0.4, -0.2) is 0 Å². The van der Waals surface area contributed by atoms with Crippen LogP contribution in [0.3, 0.4) is 0 Å². The van der Waals surface area contributed by atoms with Gasteiger partial charge in [0.2, 0.25) is 0 Å². The van der Waals surface area contributed by atoms with Crippen LogP contribution in [0.1, 0.15) is 52.9 Å². The van der Waals surface area contributed by atoms with Crippen molar-refractivity contribution in [3.8, 4) is 0 Å². The molecule has 0 aromatic carbocycles. The largest absolute Gasteiger partial charge is 0.0683 e. The Hall–Kier alpha value is 0. The van der Waals surface area contributed by atoms with Gasteiger partial charge in [-0.2, -0.15) is 0 Å². The van der Waals surface area contributed by atoms with Crippen LogP contribution < -0.4 is 0 Å². The first kappa shape index (κ1) is 9.00. The summed E-state index contributed by atoms with van der Waals surface area (Å²) in [6.45, 7) is 6.27. The van der Waals surface area contributed by atoms with Crippen molar-refractivity contribution in [1.29, 1.82) is 0 Å². The highest BCUT2D eigenvalue weighted by molar-refractivity contribution is 4.71. The zero-order chi connectivity index (χ0) is 7.11. The molecule has 1 aliphatic carbocycles. The maximum Gasteiger partial charge on any atom is -0.0414 e. The molecule has 1 saturated carbocycles. The van der Waals surface area contributed by atoms with E-state index in [1.54, 1.807) is 0 Å². The molecule has 0 aromatic rings. The van der Waals surface area contributed by atoms with Crippen LogP contribution in [0.5, 0.6) is 0 Å². The van der Waals surface area contributed by atoms with Gasteiger partial charge in [-0.1, -0.05) is 52.9 Å². The molecule has 0 bridgehead atoms. The van der Waals surface area contributed by atoms with E-state index in [1.807, 2.05) is 13.8 Å². The van der Waals surface area contributed by atoms with Gasteiger partial charge in [-0.3, -0.25) is 0 Å². The first-order chi connectivity index (χ1) is 4.43. The zero-order valence-corrected chi connectivity index (χ0v) is 7.11. The van der Waals surface area contributed by atoms with Crippen LogP contribution >= 0.6 is 0 Å². The van der Waals surface area contributed by atoms with Crippen LogP contribution in [0, 0.1) is 5.92 Å². The normalized spacial score (nSPS) is 16.3. The average molecular weight is 128 g/mol. The van der Waals surface area contributed by atoms with E-state index in [2.05, 4.69) is 6.92 Å². The van der Waals surface area contributed by atoms with E-state index in [0.717, 1.165) is 5.92 Å². The molecule has 0 unspecified atom stereocenters. The summed E-state index contributed by atoms with van der Waals surface area (Å²) in [6, 6.07) is 0. The molecule has 0 heterocycles. The van der Waals surface area contributed by atoms with Crippen molar-refractivity contribution in [2.24, 2.45) is 5.92 Å². The smallest absolute Gasteiger partial charge is 0.0414 e. The first-order valence-corrected chi connectivity index (χ1v) is 4.43. The maximum absolute atomic E-state index is 2.27. The SMILES string of the molecule is CC.CCCCC1CC1. The van der Waals surface area contributed by atoms with Crippen LogP contribution in [0.2, 0.25) is 0 Å². The summed E-state index contributed by atoms with van der Waals surface area (Å²) in [6.07, 6.45) is 7.41. The summed E-state index contributed by atoms with van der Waals surface area (Å²) in [5, 5.41) is 0. The van der Waals surface area contributed by atoms with E-state index in [-0.39, 0.29) is 0 Å². The van der Waals surface area contributed by atoms with E-state index in [0.29, 0.717) is 0 Å². The standard InChI is InChI=1S/C7H14.C2H6/c1-2-3-4-7-5-6-7;1-2/h7H,2-6H2,1H3;1-2H3. The van der Waals surface area contributed by atoms with Gasteiger partial charge in [0.05, 0.1) is 0 Å². The Balaban J connectivity index is 0.000000291. The van der Waals surface area contributed by atoms with Crippen molar-refractivity contribution < 1.29 is 0 Å². The van der Waals surface area contributed by atoms with E-state index in [4.69, 9.17) is 0 Å². The third-order valence-electron chi connectivity index (χ3n) is 1.66. The fraction of sp³-hybridized carbons (Fsp3) is 1.00. The number of hydrogen-bond acceptors (Lipinski definition) is 0. The minimum Gasteiger partial charge on any atom is -0.0683 e. The van der Waals surface area contributed by atoms with Crippen LogP contribution in [0.15, 0.2) is 0 Å². The lowest BCUT2D eigenvalue weighted by atomic mass is 10.2. The Morgan fingerprint density at radius 3 is 2.11 bits per heavy atom. The topological polar surface area (TPSA) is 0 Å². The van der Waals surface area contributed by atoms with Crippen LogP contribution in [0.25, 0.3) is 0 Å². The molecule has 0 aromatic heterocycles. The predicted octanol–water partition coefficient (Wildman–Crippen LogP) is 3.61. The number of unbranched alkanes of at least 4 members (excludes halogenated alkanes) is 1. The lowest BCUT2D eigenvalue weighted by Crippen LogP contribution is -1.72. The van der Waals surface area contributed by atoms with Gasteiger partial charge in [0.25, 0.3) is 0 Å². The van der Waals surface area contributed by atoms with Gasteiger partial charge in [-0.15, -0.1) is 0 Å². The fourth-order valence-corrected chi connectivity index (χ4v) is 0.899. The molecule has 0 spiro atoms. The van der Waals surface area contributed by atoms with Crippen molar-refractivity contribution in [3.63, 3.8) is 0 Å². The van der Waals surface area contributed by atoms with Gasteiger partial charge in [0.1, 0.15) is 0 Å². The lowest BCUT2D eigenvalue weighted by molar-refractivity contribution is 0.654. The van der Waals surface area contributed by atoms with Crippen LogP contribution in [-0.2, 0) is 0 Å². The van der Waals surface area contributed by atoms with Crippen molar-refractivity contribution in [1.82, 2.24) is 0 Å². The minimum absolute atomic E-state index is 1.15. The van der Waals surface area contributed by atoms with Gasteiger partial charge in [-0.05, 0) is 5.92 Å². The van der Waals surface area contributed by atoms with Gasteiger partial charge >= 0.3 is 0 Å². The second-order valence-electron chi connectivity index (χ2n) is 2.59. The molecule has 0 amide bonds. The Morgan fingerprint density at radius 2 is 1.78 bits per heavy atom. The molecule has 0 N–H and O–H groups in total. The molecule has 0 radical (unpaired) electrons. The Labute approximate surface area is 59.7 Å². The molecule has 0 saturated heterocycles. The molecule has 56 valence electrons. The quantitative estimate of drug-likeness (QED) is 0.544. The monoisotopic (exact) mass is 128 g/mol. The molecule has 0 atom stereocenters. The van der Waals surface area contributed by atoms with Crippen LogP contribution in [0.4, 0.5) is 0 Å². The summed E-state index contributed by atoms with van der Waals surface area (Å²) < 4.78 is 0. The Morgan fingerprint density at radius 1 is 1.22 bits per heavy atom. The van der Waals surface area contributed by atoms with E-state index < -0.39 is 0 Å².